The van der Waals surface area contributed by atoms with Gasteiger partial charge in [0.1, 0.15) is 0 Å². The number of fused-ring (bicyclic) bond motifs is 1. The topological polar surface area (TPSA) is 38.1 Å². The minimum atomic E-state index is 0.189. The maximum Gasteiger partial charge on any atom is 0.224 e. The van der Waals surface area contributed by atoms with E-state index >= 15 is 0 Å². The molecule has 0 saturated heterocycles. The molecule has 0 radical (unpaired) electrons. The number of hydrogen-bond acceptors (Lipinski definition) is 2. The molecule has 0 spiro atoms. The number of amides is 1. The monoisotopic (exact) mass is 309 g/mol. The normalized spacial score (nSPS) is 18.2. The van der Waals surface area contributed by atoms with Crippen LogP contribution in [-0.2, 0) is 31.2 Å². The molecule has 0 unspecified atom stereocenters. The van der Waals surface area contributed by atoms with Gasteiger partial charge in [-0.15, -0.1) is 11.6 Å². The highest BCUT2D eigenvalue weighted by molar-refractivity contribution is 6.18. The molecule has 1 fully saturated rings. The zero-order valence-corrected chi connectivity index (χ0v) is 13.5. The molecule has 1 aromatic rings. The predicted molar refractivity (Wildman–Crippen MR) is 83.4 cm³/mol. The SMILES string of the molecule is Cn1nc(CN(C(=O)CCCl)C2CCCC2)c2c1CCC2. The average Bonchev–Trinajstić information content (AvgIpc) is 3.16. The number of aromatic nitrogens is 2. The van der Waals surface area contributed by atoms with E-state index in [1.807, 2.05) is 11.7 Å². The van der Waals surface area contributed by atoms with Gasteiger partial charge in [-0.05, 0) is 37.7 Å². The molecule has 1 saturated carbocycles. The molecule has 1 heterocycles. The summed E-state index contributed by atoms with van der Waals surface area (Å²) in [7, 11) is 2.02. The summed E-state index contributed by atoms with van der Waals surface area (Å²) in [6, 6.07) is 0.389. The molecule has 21 heavy (non-hydrogen) atoms. The van der Waals surface area contributed by atoms with Gasteiger partial charge in [-0.1, -0.05) is 12.8 Å². The Morgan fingerprint density at radius 1 is 1.33 bits per heavy atom. The number of hydrogen-bond donors (Lipinski definition) is 0. The van der Waals surface area contributed by atoms with Gasteiger partial charge >= 0.3 is 0 Å². The van der Waals surface area contributed by atoms with Crippen LogP contribution >= 0.6 is 11.6 Å². The Morgan fingerprint density at radius 2 is 2.10 bits per heavy atom. The van der Waals surface area contributed by atoms with E-state index in [0.717, 1.165) is 31.4 Å². The first-order chi connectivity index (χ1) is 10.2. The summed E-state index contributed by atoms with van der Waals surface area (Å²) in [5.41, 5.74) is 3.86. The van der Waals surface area contributed by atoms with E-state index in [9.17, 15) is 4.79 Å². The second kappa shape index (κ2) is 6.39. The summed E-state index contributed by atoms with van der Waals surface area (Å²) < 4.78 is 2.01. The standard InChI is InChI=1S/C16H24ClN3O/c1-19-15-8-4-7-13(15)14(18-19)11-20(16(21)9-10-17)12-5-2-3-6-12/h12H,2-11H2,1H3. The molecular formula is C16H24ClN3O. The van der Waals surface area contributed by atoms with Crippen LogP contribution in [0.5, 0.6) is 0 Å². The number of alkyl halides is 1. The van der Waals surface area contributed by atoms with Gasteiger partial charge in [0, 0.05) is 31.1 Å². The fourth-order valence-electron chi connectivity index (χ4n) is 3.85. The Kier molecular flexibility index (Phi) is 4.53. The van der Waals surface area contributed by atoms with Crippen LogP contribution in [0, 0.1) is 0 Å². The first-order valence-electron chi connectivity index (χ1n) is 8.09. The zero-order chi connectivity index (χ0) is 14.8. The van der Waals surface area contributed by atoms with Crippen LogP contribution in [0.3, 0.4) is 0 Å². The van der Waals surface area contributed by atoms with Crippen LogP contribution in [-0.4, -0.2) is 32.5 Å². The maximum absolute atomic E-state index is 12.4. The molecule has 116 valence electrons. The van der Waals surface area contributed by atoms with E-state index in [0.29, 0.717) is 24.9 Å². The lowest BCUT2D eigenvalue weighted by Gasteiger charge is -2.28. The van der Waals surface area contributed by atoms with Gasteiger partial charge in [0.2, 0.25) is 5.91 Å². The largest absolute Gasteiger partial charge is 0.334 e. The maximum atomic E-state index is 12.4. The van der Waals surface area contributed by atoms with E-state index < -0.39 is 0 Å². The summed E-state index contributed by atoms with van der Waals surface area (Å²) in [6.45, 7) is 0.670. The van der Waals surface area contributed by atoms with E-state index in [1.165, 1.54) is 30.5 Å². The number of carbonyl (C=O) groups is 1. The van der Waals surface area contributed by atoms with Crippen molar-refractivity contribution < 1.29 is 4.79 Å². The van der Waals surface area contributed by atoms with Crippen LogP contribution in [0.4, 0.5) is 0 Å². The van der Waals surface area contributed by atoms with Crippen LogP contribution in [0.15, 0.2) is 0 Å². The number of rotatable bonds is 5. The lowest BCUT2D eigenvalue weighted by atomic mass is 10.1. The van der Waals surface area contributed by atoms with Gasteiger partial charge in [-0.2, -0.15) is 5.10 Å². The van der Waals surface area contributed by atoms with Crippen molar-refractivity contribution in [1.82, 2.24) is 14.7 Å². The Morgan fingerprint density at radius 3 is 2.81 bits per heavy atom. The van der Waals surface area contributed by atoms with Crippen molar-refractivity contribution in [3.05, 3.63) is 17.0 Å². The van der Waals surface area contributed by atoms with Gasteiger partial charge in [0.15, 0.2) is 0 Å². The van der Waals surface area contributed by atoms with Crippen molar-refractivity contribution in [2.75, 3.05) is 5.88 Å². The van der Waals surface area contributed by atoms with Crippen molar-refractivity contribution in [3.63, 3.8) is 0 Å². The van der Waals surface area contributed by atoms with Gasteiger partial charge in [-0.3, -0.25) is 9.48 Å². The Labute approximate surface area is 131 Å². The molecule has 1 aromatic heterocycles. The third kappa shape index (κ3) is 2.96. The third-order valence-electron chi connectivity index (χ3n) is 4.91. The van der Waals surface area contributed by atoms with Crippen molar-refractivity contribution in [2.24, 2.45) is 7.05 Å². The molecule has 0 aromatic carbocycles. The molecule has 1 amide bonds. The average molecular weight is 310 g/mol. The van der Waals surface area contributed by atoms with Gasteiger partial charge in [0.05, 0.1) is 12.2 Å². The quantitative estimate of drug-likeness (QED) is 0.784. The molecule has 2 aliphatic carbocycles. The third-order valence-corrected chi connectivity index (χ3v) is 5.10. The second-order valence-electron chi connectivity index (χ2n) is 6.25. The van der Waals surface area contributed by atoms with Crippen LogP contribution < -0.4 is 0 Å². The summed E-state index contributed by atoms with van der Waals surface area (Å²) in [4.78, 5) is 14.5. The highest BCUT2D eigenvalue weighted by Gasteiger charge is 2.29. The molecule has 5 heteroatoms. The van der Waals surface area contributed by atoms with Crippen molar-refractivity contribution >= 4 is 17.5 Å². The van der Waals surface area contributed by atoms with Crippen molar-refractivity contribution in [3.8, 4) is 0 Å². The van der Waals surface area contributed by atoms with Crippen molar-refractivity contribution in [2.45, 2.75) is 64.0 Å². The second-order valence-corrected chi connectivity index (χ2v) is 6.63. The lowest BCUT2D eigenvalue weighted by molar-refractivity contribution is -0.133. The summed E-state index contributed by atoms with van der Waals surface area (Å²) in [6.07, 6.45) is 8.61. The highest BCUT2D eigenvalue weighted by atomic mass is 35.5. The van der Waals surface area contributed by atoms with E-state index in [1.54, 1.807) is 0 Å². The first-order valence-corrected chi connectivity index (χ1v) is 8.63. The van der Waals surface area contributed by atoms with Gasteiger partial charge in [0.25, 0.3) is 0 Å². The van der Waals surface area contributed by atoms with E-state index in [-0.39, 0.29) is 5.91 Å². The molecule has 0 bridgehead atoms. The Balaban J connectivity index is 1.80. The summed E-state index contributed by atoms with van der Waals surface area (Å²) in [5.74, 6) is 0.594. The minimum absolute atomic E-state index is 0.189. The molecule has 2 aliphatic rings. The summed E-state index contributed by atoms with van der Waals surface area (Å²) >= 11 is 5.78. The number of halogens is 1. The summed E-state index contributed by atoms with van der Waals surface area (Å²) in [5, 5.41) is 4.68. The number of aryl methyl sites for hydroxylation is 1. The van der Waals surface area contributed by atoms with Gasteiger partial charge in [-0.25, -0.2) is 0 Å². The first kappa shape index (κ1) is 14.9. The minimum Gasteiger partial charge on any atom is -0.334 e. The van der Waals surface area contributed by atoms with Crippen LogP contribution in [0.1, 0.15) is 55.5 Å². The Bertz CT molecular complexity index is 520. The van der Waals surface area contributed by atoms with Crippen LogP contribution in [0.2, 0.25) is 0 Å². The predicted octanol–water partition coefficient (Wildman–Crippen LogP) is 2.81. The van der Waals surface area contributed by atoms with Gasteiger partial charge < -0.3 is 4.90 Å². The highest BCUT2D eigenvalue weighted by Crippen LogP contribution is 2.29. The number of carbonyl (C=O) groups excluding carboxylic acids is 1. The lowest BCUT2D eigenvalue weighted by Crippen LogP contribution is -2.38. The molecular weight excluding hydrogens is 286 g/mol. The van der Waals surface area contributed by atoms with Crippen LogP contribution in [0.25, 0.3) is 0 Å². The molecule has 0 N–H and O–H groups in total. The molecule has 0 atom stereocenters. The van der Waals surface area contributed by atoms with E-state index in [4.69, 9.17) is 11.6 Å². The fourth-order valence-corrected chi connectivity index (χ4v) is 4.01. The number of nitrogens with zero attached hydrogens (tertiary/aromatic N) is 3. The molecule has 0 aliphatic heterocycles. The smallest absolute Gasteiger partial charge is 0.224 e. The molecule has 4 nitrogen and oxygen atoms in total. The van der Waals surface area contributed by atoms with E-state index in [2.05, 4.69) is 10.00 Å². The fraction of sp³-hybridized carbons (Fsp3) is 0.750. The molecule has 3 rings (SSSR count). The Hall–Kier alpha value is -1.03. The van der Waals surface area contributed by atoms with Crippen molar-refractivity contribution in [1.29, 1.82) is 0 Å². The zero-order valence-electron chi connectivity index (χ0n) is 12.8.